The topological polar surface area (TPSA) is 64.4 Å². The van der Waals surface area contributed by atoms with Gasteiger partial charge in [0, 0.05) is 5.54 Å². The maximum absolute atomic E-state index is 11.5. The van der Waals surface area contributed by atoms with E-state index in [2.05, 4.69) is 17.2 Å². The minimum Gasteiger partial charge on any atom is -0.461 e. The summed E-state index contributed by atoms with van der Waals surface area (Å²) in [7, 11) is 0. The normalized spacial score (nSPS) is 18.3. The van der Waals surface area contributed by atoms with Crippen LogP contribution in [0.4, 0.5) is 6.01 Å². The standard InChI is InChI=1S/C13H20N2O3/c1-3-17-11(16)10-9-18-12(14-10)15-13(2)7-5-4-6-8-13/h9H,3-8H2,1-2H3,(H,14,15). The highest BCUT2D eigenvalue weighted by molar-refractivity contribution is 5.87. The third-order valence-corrected chi connectivity index (χ3v) is 3.35. The molecule has 5 nitrogen and oxygen atoms in total. The summed E-state index contributed by atoms with van der Waals surface area (Å²) in [5.74, 6) is -0.442. The fourth-order valence-electron chi connectivity index (χ4n) is 2.35. The summed E-state index contributed by atoms with van der Waals surface area (Å²) >= 11 is 0. The summed E-state index contributed by atoms with van der Waals surface area (Å²) in [5, 5.41) is 3.29. The molecule has 1 N–H and O–H groups in total. The molecule has 5 heteroatoms. The SMILES string of the molecule is CCOC(=O)c1coc(NC2(C)CCCCC2)n1. The number of oxazole rings is 1. The van der Waals surface area contributed by atoms with Gasteiger partial charge in [0.25, 0.3) is 6.01 Å². The van der Waals surface area contributed by atoms with Crippen molar-refractivity contribution in [1.82, 2.24) is 4.98 Å². The first kappa shape index (κ1) is 12.9. The Balaban J connectivity index is 1.99. The highest BCUT2D eigenvalue weighted by atomic mass is 16.5. The van der Waals surface area contributed by atoms with Gasteiger partial charge < -0.3 is 14.5 Å². The Morgan fingerprint density at radius 3 is 2.89 bits per heavy atom. The molecular formula is C13H20N2O3. The van der Waals surface area contributed by atoms with Crippen molar-refractivity contribution in [2.75, 3.05) is 11.9 Å². The quantitative estimate of drug-likeness (QED) is 0.834. The number of ether oxygens (including phenoxy) is 1. The van der Waals surface area contributed by atoms with E-state index in [1.807, 2.05) is 0 Å². The minimum absolute atomic E-state index is 0.0229. The summed E-state index contributed by atoms with van der Waals surface area (Å²) in [4.78, 5) is 15.6. The van der Waals surface area contributed by atoms with Crippen molar-refractivity contribution in [3.63, 3.8) is 0 Å². The van der Waals surface area contributed by atoms with Gasteiger partial charge in [-0.3, -0.25) is 0 Å². The van der Waals surface area contributed by atoms with E-state index in [-0.39, 0.29) is 11.2 Å². The summed E-state index contributed by atoms with van der Waals surface area (Å²) < 4.78 is 10.1. The molecule has 0 bridgehead atoms. The van der Waals surface area contributed by atoms with E-state index in [0.29, 0.717) is 12.6 Å². The minimum atomic E-state index is -0.442. The molecule has 1 saturated carbocycles. The average molecular weight is 252 g/mol. The molecule has 1 aromatic heterocycles. The van der Waals surface area contributed by atoms with Gasteiger partial charge in [-0.2, -0.15) is 4.98 Å². The molecule has 1 fully saturated rings. The van der Waals surface area contributed by atoms with Crippen molar-refractivity contribution in [3.8, 4) is 0 Å². The molecule has 2 rings (SSSR count). The molecule has 0 aromatic carbocycles. The number of carbonyl (C=O) groups excluding carboxylic acids is 1. The molecule has 1 aliphatic carbocycles. The van der Waals surface area contributed by atoms with Crippen LogP contribution < -0.4 is 5.32 Å². The number of esters is 1. The summed E-state index contributed by atoms with van der Waals surface area (Å²) in [6, 6.07) is 0.405. The lowest BCUT2D eigenvalue weighted by Crippen LogP contribution is -2.36. The van der Waals surface area contributed by atoms with Gasteiger partial charge in [0.2, 0.25) is 0 Å². The Morgan fingerprint density at radius 1 is 1.50 bits per heavy atom. The molecule has 0 spiro atoms. The number of anilines is 1. The van der Waals surface area contributed by atoms with Gasteiger partial charge >= 0.3 is 5.97 Å². The lowest BCUT2D eigenvalue weighted by atomic mass is 9.83. The summed E-state index contributed by atoms with van der Waals surface area (Å²) in [5.41, 5.74) is 0.244. The Labute approximate surface area is 107 Å². The smallest absolute Gasteiger partial charge is 0.360 e. The van der Waals surface area contributed by atoms with Crippen LogP contribution in [0.15, 0.2) is 10.7 Å². The van der Waals surface area contributed by atoms with Gasteiger partial charge in [0.15, 0.2) is 5.69 Å². The van der Waals surface area contributed by atoms with Gasteiger partial charge in [-0.15, -0.1) is 0 Å². The highest BCUT2D eigenvalue weighted by Crippen LogP contribution is 2.30. The molecule has 0 atom stereocenters. The molecule has 0 amide bonds. The predicted octanol–water partition coefficient (Wildman–Crippen LogP) is 2.99. The second-order valence-electron chi connectivity index (χ2n) is 5.00. The van der Waals surface area contributed by atoms with Crippen LogP contribution in [0, 0.1) is 0 Å². The number of aromatic nitrogens is 1. The zero-order chi connectivity index (χ0) is 13.0. The molecule has 18 heavy (non-hydrogen) atoms. The molecule has 0 saturated heterocycles. The molecule has 0 aliphatic heterocycles. The van der Waals surface area contributed by atoms with E-state index < -0.39 is 5.97 Å². The Hall–Kier alpha value is -1.52. The molecule has 1 aliphatic rings. The van der Waals surface area contributed by atoms with Gasteiger partial charge in [-0.25, -0.2) is 4.79 Å². The summed E-state index contributed by atoms with van der Waals surface area (Å²) in [6.45, 7) is 4.27. The Kier molecular flexibility index (Phi) is 3.89. The molecule has 1 aromatic rings. The van der Waals surface area contributed by atoms with Crippen molar-refractivity contribution in [1.29, 1.82) is 0 Å². The lowest BCUT2D eigenvalue weighted by molar-refractivity contribution is 0.0519. The van der Waals surface area contributed by atoms with E-state index in [4.69, 9.17) is 9.15 Å². The maximum atomic E-state index is 11.5. The highest BCUT2D eigenvalue weighted by Gasteiger charge is 2.28. The van der Waals surface area contributed by atoms with Crippen LogP contribution in [-0.4, -0.2) is 23.1 Å². The second kappa shape index (κ2) is 5.42. The van der Waals surface area contributed by atoms with Gasteiger partial charge in [-0.1, -0.05) is 19.3 Å². The van der Waals surface area contributed by atoms with Crippen molar-refractivity contribution in [3.05, 3.63) is 12.0 Å². The fraction of sp³-hybridized carbons (Fsp3) is 0.692. The van der Waals surface area contributed by atoms with E-state index in [0.717, 1.165) is 12.8 Å². The molecule has 0 unspecified atom stereocenters. The number of rotatable bonds is 4. The average Bonchev–Trinajstić information content (AvgIpc) is 2.78. The number of hydrogen-bond donors (Lipinski definition) is 1. The second-order valence-corrected chi connectivity index (χ2v) is 5.00. The van der Waals surface area contributed by atoms with E-state index >= 15 is 0 Å². The van der Waals surface area contributed by atoms with E-state index in [1.165, 1.54) is 25.5 Å². The van der Waals surface area contributed by atoms with Gasteiger partial charge in [-0.05, 0) is 26.7 Å². The van der Waals surface area contributed by atoms with Crippen molar-refractivity contribution in [2.45, 2.75) is 51.5 Å². The molecular weight excluding hydrogens is 232 g/mol. The van der Waals surface area contributed by atoms with Gasteiger partial charge in [0.05, 0.1) is 6.61 Å². The molecule has 100 valence electrons. The predicted molar refractivity (Wildman–Crippen MR) is 67.6 cm³/mol. The Morgan fingerprint density at radius 2 is 2.22 bits per heavy atom. The first-order valence-corrected chi connectivity index (χ1v) is 6.54. The van der Waals surface area contributed by atoms with Crippen LogP contribution in [0.1, 0.15) is 56.4 Å². The monoisotopic (exact) mass is 252 g/mol. The van der Waals surface area contributed by atoms with Crippen molar-refractivity contribution >= 4 is 12.0 Å². The Bertz CT molecular complexity index is 408. The third kappa shape index (κ3) is 3.03. The zero-order valence-corrected chi connectivity index (χ0v) is 11.0. The first-order chi connectivity index (χ1) is 8.63. The van der Waals surface area contributed by atoms with Crippen LogP contribution in [0.25, 0.3) is 0 Å². The van der Waals surface area contributed by atoms with Crippen LogP contribution >= 0.6 is 0 Å². The van der Waals surface area contributed by atoms with E-state index in [1.54, 1.807) is 6.92 Å². The maximum Gasteiger partial charge on any atom is 0.360 e. The lowest BCUT2D eigenvalue weighted by Gasteiger charge is -2.33. The third-order valence-electron chi connectivity index (χ3n) is 3.35. The van der Waals surface area contributed by atoms with Crippen LogP contribution in [0.2, 0.25) is 0 Å². The largest absolute Gasteiger partial charge is 0.461 e. The fourth-order valence-corrected chi connectivity index (χ4v) is 2.35. The van der Waals surface area contributed by atoms with E-state index in [9.17, 15) is 4.79 Å². The number of carbonyl (C=O) groups is 1. The first-order valence-electron chi connectivity index (χ1n) is 6.54. The summed E-state index contributed by atoms with van der Waals surface area (Å²) in [6.07, 6.45) is 7.27. The zero-order valence-electron chi connectivity index (χ0n) is 11.0. The molecule has 1 heterocycles. The van der Waals surface area contributed by atoms with Crippen molar-refractivity contribution < 1.29 is 13.9 Å². The molecule has 0 radical (unpaired) electrons. The number of nitrogens with one attached hydrogen (secondary N) is 1. The van der Waals surface area contributed by atoms with Crippen LogP contribution in [0.3, 0.4) is 0 Å². The number of nitrogens with zero attached hydrogens (tertiary/aromatic N) is 1. The van der Waals surface area contributed by atoms with Crippen LogP contribution in [0.5, 0.6) is 0 Å². The van der Waals surface area contributed by atoms with Gasteiger partial charge in [0.1, 0.15) is 6.26 Å². The number of hydrogen-bond acceptors (Lipinski definition) is 5. The van der Waals surface area contributed by atoms with Crippen molar-refractivity contribution in [2.24, 2.45) is 0 Å². The van der Waals surface area contributed by atoms with Crippen LogP contribution in [-0.2, 0) is 4.74 Å².